The molecule has 0 nitrogen and oxygen atoms in total. The molecule has 0 rings (SSSR count). The Kier molecular flexibility index (Phi) is 6.38. The molecule has 0 heteroatoms. The number of hydrogen-bond donors (Lipinski definition) is 0. The van der Waals surface area contributed by atoms with E-state index in [0.717, 1.165) is 12.8 Å². The summed E-state index contributed by atoms with van der Waals surface area (Å²) in [6.45, 7) is 8.10. The Morgan fingerprint density at radius 1 is 1.50 bits per heavy atom. The molecule has 0 heterocycles. The molecule has 1 atom stereocenters. The summed E-state index contributed by atoms with van der Waals surface area (Å²) >= 11 is 0. The first-order chi connectivity index (χ1) is 4.81. The highest BCUT2D eigenvalue weighted by atomic mass is 14.0. The van der Waals surface area contributed by atoms with Crippen LogP contribution in [0.5, 0.6) is 0 Å². The van der Waals surface area contributed by atoms with Gasteiger partial charge in [0.2, 0.25) is 0 Å². The van der Waals surface area contributed by atoms with Crippen LogP contribution in [0.2, 0.25) is 0 Å². The van der Waals surface area contributed by atoms with Crippen LogP contribution in [0.1, 0.15) is 39.5 Å². The smallest absolute Gasteiger partial charge is 0.0174 e. The molecule has 0 fully saturated rings. The molecule has 0 N–H and O–H groups in total. The summed E-state index contributed by atoms with van der Waals surface area (Å²) in [5.74, 6) is 6.88. The largest absolute Gasteiger partial charge is 0.103 e. The second-order valence-electron chi connectivity index (χ2n) is 2.61. The summed E-state index contributed by atoms with van der Waals surface area (Å²) in [5.41, 5.74) is 0. The lowest BCUT2D eigenvalue weighted by Crippen LogP contribution is -1.87. The van der Waals surface area contributed by atoms with E-state index in [1.54, 1.807) is 0 Å². The number of hydrogen-bond acceptors (Lipinski definition) is 0. The first-order valence-corrected chi connectivity index (χ1v) is 4.08. The van der Waals surface area contributed by atoms with Crippen molar-refractivity contribution in [1.82, 2.24) is 0 Å². The van der Waals surface area contributed by atoms with Crippen molar-refractivity contribution in [3.05, 3.63) is 6.92 Å². The Morgan fingerprint density at radius 3 is 2.70 bits per heavy atom. The lowest BCUT2D eigenvalue weighted by Gasteiger charge is -1.97. The van der Waals surface area contributed by atoms with E-state index in [9.17, 15) is 0 Å². The molecule has 0 aliphatic carbocycles. The second-order valence-corrected chi connectivity index (χ2v) is 2.61. The quantitative estimate of drug-likeness (QED) is 0.524. The molecule has 0 aliphatic rings. The molecule has 0 aliphatic heterocycles. The predicted octanol–water partition coefficient (Wildman–Crippen LogP) is 3.04. The topological polar surface area (TPSA) is 0 Å². The van der Waals surface area contributed by atoms with Crippen LogP contribution < -0.4 is 0 Å². The highest BCUT2D eigenvalue weighted by Crippen LogP contribution is 2.02. The Balaban J connectivity index is 3.37. The minimum absolute atomic E-state index is 0.580. The van der Waals surface area contributed by atoms with E-state index >= 15 is 0 Å². The van der Waals surface area contributed by atoms with Gasteiger partial charge in [-0.1, -0.05) is 27.2 Å². The van der Waals surface area contributed by atoms with Crippen molar-refractivity contribution in [2.75, 3.05) is 0 Å². The molecule has 0 aromatic rings. The number of rotatable bonds is 3. The molecule has 0 saturated carbocycles. The lowest BCUT2D eigenvalue weighted by molar-refractivity contribution is 0.652. The van der Waals surface area contributed by atoms with Crippen molar-refractivity contribution in [3.8, 4) is 11.8 Å². The summed E-state index contributed by atoms with van der Waals surface area (Å²) in [6, 6.07) is 0. The van der Waals surface area contributed by atoms with Gasteiger partial charge in [0.25, 0.3) is 0 Å². The molecule has 1 unspecified atom stereocenters. The minimum atomic E-state index is 0.580. The highest BCUT2D eigenvalue weighted by Gasteiger charge is 1.91. The van der Waals surface area contributed by atoms with Crippen molar-refractivity contribution in [1.29, 1.82) is 0 Å². The van der Waals surface area contributed by atoms with Crippen LogP contribution in [-0.2, 0) is 0 Å². The van der Waals surface area contributed by atoms with Gasteiger partial charge in [-0.2, -0.15) is 0 Å². The van der Waals surface area contributed by atoms with Crippen LogP contribution >= 0.6 is 0 Å². The van der Waals surface area contributed by atoms with E-state index in [4.69, 9.17) is 0 Å². The third-order valence-corrected chi connectivity index (χ3v) is 1.37. The van der Waals surface area contributed by atoms with Crippen LogP contribution in [0, 0.1) is 24.7 Å². The van der Waals surface area contributed by atoms with Crippen LogP contribution in [0.4, 0.5) is 0 Å². The zero-order valence-electron chi connectivity index (χ0n) is 7.11. The normalized spacial score (nSPS) is 11.9. The fourth-order valence-corrected chi connectivity index (χ4v) is 0.840. The van der Waals surface area contributed by atoms with Crippen LogP contribution in [0.3, 0.4) is 0 Å². The molecule has 57 valence electrons. The summed E-state index contributed by atoms with van der Waals surface area (Å²) in [4.78, 5) is 0. The average molecular weight is 137 g/mol. The van der Waals surface area contributed by atoms with E-state index in [1.807, 2.05) is 0 Å². The van der Waals surface area contributed by atoms with E-state index in [-0.39, 0.29) is 0 Å². The van der Waals surface area contributed by atoms with Crippen molar-refractivity contribution < 1.29 is 0 Å². The van der Waals surface area contributed by atoms with E-state index in [0.29, 0.717) is 5.92 Å². The van der Waals surface area contributed by atoms with Crippen molar-refractivity contribution in [2.45, 2.75) is 39.5 Å². The molecule has 1 radical (unpaired) electrons. The third-order valence-electron chi connectivity index (χ3n) is 1.37. The second kappa shape index (κ2) is 6.68. The zero-order valence-corrected chi connectivity index (χ0v) is 7.11. The van der Waals surface area contributed by atoms with Crippen molar-refractivity contribution in [3.63, 3.8) is 0 Å². The minimum Gasteiger partial charge on any atom is -0.103 e. The van der Waals surface area contributed by atoms with Gasteiger partial charge in [-0.05, 0) is 12.8 Å². The molecule has 0 bridgehead atoms. The monoisotopic (exact) mass is 137 g/mol. The number of unbranched alkanes of at least 4 members (excludes halogenated alkanes) is 1. The maximum absolute atomic E-state index is 3.73. The van der Waals surface area contributed by atoms with Gasteiger partial charge in [-0.3, -0.25) is 0 Å². The third kappa shape index (κ3) is 5.69. The van der Waals surface area contributed by atoms with Crippen molar-refractivity contribution in [2.24, 2.45) is 5.92 Å². The van der Waals surface area contributed by atoms with Gasteiger partial charge in [0.15, 0.2) is 0 Å². The summed E-state index contributed by atoms with van der Waals surface area (Å²) in [5, 5.41) is 0. The molecular formula is C10H17. The van der Waals surface area contributed by atoms with Gasteiger partial charge in [-0.25, -0.2) is 0 Å². The fourth-order valence-electron chi connectivity index (χ4n) is 0.840. The maximum Gasteiger partial charge on any atom is 0.0174 e. The van der Waals surface area contributed by atoms with E-state index < -0.39 is 0 Å². The molecule has 0 aromatic heterocycles. The van der Waals surface area contributed by atoms with Gasteiger partial charge in [0.05, 0.1) is 0 Å². The lowest BCUT2D eigenvalue weighted by atomic mass is 10.1. The average Bonchev–Trinajstić information content (AvgIpc) is 1.89. The van der Waals surface area contributed by atoms with Crippen molar-refractivity contribution >= 4 is 0 Å². The van der Waals surface area contributed by atoms with Crippen LogP contribution in [-0.4, -0.2) is 0 Å². The Bertz CT molecular complexity index is 114. The molecule has 0 amide bonds. The van der Waals surface area contributed by atoms with Gasteiger partial charge in [0, 0.05) is 12.3 Å². The van der Waals surface area contributed by atoms with Gasteiger partial charge >= 0.3 is 0 Å². The summed E-state index contributed by atoms with van der Waals surface area (Å²) in [6.07, 6.45) is 4.35. The molecule has 0 spiro atoms. The molecule has 0 saturated heterocycles. The maximum atomic E-state index is 3.73. The first kappa shape index (κ1) is 9.56. The van der Waals surface area contributed by atoms with Crippen LogP contribution in [0.25, 0.3) is 0 Å². The Morgan fingerprint density at radius 2 is 2.20 bits per heavy atom. The highest BCUT2D eigenvalue weighted by molar-refractivity contribution is 5.02. The molecule has 10 heavy (non-hydrogen) atoms. The molecule has 0 aromatic carbocycles. The standard InChI is InChI=1S/C10H17/c1-4-6-7-9-10(3)8-5-2/h10H,1,4-6,8H2,2-3H3. The van der Waals surface area contributed by atoms with Gasteiger partial charge < -0.3 is 0 Å². The van der Waals surface area contributed by atoms with Gasteiger partial charge in [0.1, 0.15) is 0 Å². The SMILES string of the molecule is [CH2]CCC#CC(C)CCC. The Hall–Kier alpha value is -0.440. The zero-order chi connectivity index (χ0) is 7.82. The van der Waals surface area contributed by atoms with E-state index in [1.165, 1.54) is 12.8 Å². The van der Waals surface area contributed by atoms with Crippen LogP contribution in [0.15, 0.2) is 0 Å². The Labute approximate surface area is 65.0 Å². The molecular weight excluding hydrogens is 120 g/mol. The summed E-state index contributed by atoms with van der Waals surface area (Å²) < 4.78 is 0. The first-order valence-electron chi connectivity index (χ1n) is 4.08. The predicted molar refractivity (Wildman–Crippen MR) is 46.4 cm³/mol. The summed E-state index contributed by atoms with van der Waals surface area (Å²) in [7, 11) is 0. The fraction of sp³-hybridized carbons (Fsp3) is 0.700. The van der Waals surface area contributed by atoms with E-state index in [2.05, 4.69) is 32.6 Å². The van der Waals surface area contributed by atoms with Gasteiger partial charge in [-0.15, -0.1) is 11.8 Å².